The SMILES string of the molecule is CC(C)c1nnsc1C(=O)N1CCCN(CCCl)CC1. The van der Waals surface area contributed by atoms with Gasteiger partial charge in [0.1, 0.15) is 4.88 Å². The van der Waals surface area contributed by atoms with Gasteiger partial charge < -0.3 is 9.80 Å². The number of hydrogen-bond acceptors (Lipinski definition) is 5. The molecule has 0 radical (unpaired) electrons. The summed E-state index contributed by atoms with van der Waals surface area (Å²) in [5.41, 5.74) is 0.821. The van der Waals surface area contributed by atoms with E-state index in [2.05, 4.69) is 14.5 Å². The van der Waals surface area contributed by atoms with Crippen LogP contribution in [0.4, 0.5) is 0 Å². The van der Waals surface area contributed by atoms with E-state index in [4.69, 9.17) is 11.6 Å². The van der Waals surface area contributed by atoms with E-state index in [1.165, 1.54) is 11.5 Å². The number of rotatable bonds is 4. The third-order valence-electron chi connectivity index (χ3n) is 3.53. The Morgan fingerprint density at radius 3 is 2.85 bits per heavy atom. The molecule has 0 unspecified atom stereocenters. The number of amides is 1. The van der Waals surface area contributed by atoms with E-state index in [1.54, 1.807) is 0 Å². The highest BCUT2D eigenvalue weighted by atomic mass is 35.5. The van der Waals surface area contributed by atoms with E-state index < -0.39 is 0 Å². The van der Waals surface area contributed by atoms with Crippen molar-refractivity contribution in [2.45, 2.75) is 26.2 Å². The van der Waals surface area contributed by atoms with Gasteiger partial charge in [-0.1, -0.05) is 18.3 Å². The van der Waals surface area contributed by atoms with Gasteiger partial charge in [-0.3, -0.25) is 4.79 Å². The smallest absolute Gasteiger partial charge is 0.267 e. The maximum absolute atomic E-state index is 12.6. The number of nitrogens with zero attached hydrogens (tertiary/aromatic N) is 4. The fourth-order valence-corrected chi connectivity index (χ4v) is 3.41. The van der Waals surface area contributed by atoms with Crippen molar-refractivity contribution in [3.8, 4) is 0 Å². The number of carbonyl (C=O) groups is 1. The molecule has 0 N–H and O–H groups in total. The van der Waals surface area contributed by atoms with Crippen molar-refractivity contribution in [2.24, 2.45) is 0 Å². The molecule has 1 saturated heterocycles. The van der Waals surface area contributed by atoms with Gasteiger partial charge >= 0.3 is 0 Å². The molecule has 1 aliphatic heterocycles. The minimum absolute atomic E-state index is 0.0800. The summed E-state index contributed by atoms with van der Waals surface area (Å²) in [5.74, 6) is 0.952. The maximum Gasteiger partial charge on any atom is 0.267 e. The molecule has 112 valence electrons. The molecule has 0 atom stereocenters. The van der Waals surface area contributed by atoms with Crippen LogP contribution in [0, 0.1) is 0 Å². The van der Waals surface area contributed by atoms with Crippen molar-refractivity contribution in [1.29, 1.82) is 0 Å². The third kappa shape index (κ3) is 3.68. The van der Waals surface area contributed by atoms with Crippen LogP contribution in [0.25, 0.3) is 0 Å². The Hall–Kier alpha value is -0.720. The summed E-state index contributed by atoms with van der Waals surface area (Å²) in [5, 5.41) is 4.09. The first kappa shape index (κ1) is 15.7. The number of aromatic nitrogens is 2. The molecule has 2 rings (SSSR count). The predicted octanol–water partition coefficient (Wildman–Crippen LogP) is 2.05. The zero-order chi connectivity index (χ0) is 14.5. The van der Waals surface area contributed by atoms with Crippen LogP contribution in [0.5, 0.6) is 0 Å². The van der Waals surface area contributed by atoms with Crippen LogP contribution in [-0.4, -0.2) is 63.9 Å². The molecule has 0 saturated carbocycles. The van der Waals surface area contributed by atoms with Gasteiger partial charge in [-0.25, -0.2) is 0 Å². The highest BCUT2D eigenvalue weighted by Crippen LogP contribution is 2.22. The Balaban J connectivity index is 2.04. The fourth-order valence-electron chi connectivity index (χ4n) is 2.38. The first-order chi connectivity index (χ1) is 9.63. The van der Waals surface area contributed by atoms with E-state index in [0.717, 1.165) is 44.8 Å². The molecule has 1 aliphatic rings. The number of alkyl halides is 1. The minimum atomic E-state index is 0.0800. The van der Waals surface area contributed by atoms with E-state index in [1.807, 2.05) is 18.7 Å². The van der Waals surface area contributed by atoms with Gasteiger partial charge in [0.25, 0.3) is 5.91 Å². The maximum atomic E-state index is 12.6. The number of halogens is 1. The number of carbonyl (C=O) groups excluding carboxylic acids is 1. The van der Waals surface area contributed by atoms with Gasteiger partial charge in [-0.05, 0) is 30.4 Å². The van der Waals surface area contributed by atoms with E-state index in [-0.39, 0.29) is 11.8 Å². The lowest BCUT2D eigenvalue weighted by molar-refractivity contribution is 0.0765. The van der Waals surface area contributed by atoms with Gasteiger partial charge in [0, 0.05) is 32.1 Å². The molecule has 5 nitrogen and oxygen atoms in total. The first-order valence-corrected chi connectivity index (χ1v) is 8.34. The number of hydrogen-bond donors (Lipinski definition) is 0. The fraction of sp³-hybridized carbons (Fsp3) is 0.769. The molecule has 1 fully saturated rings. The average molecular weight is 317 g/mol. The second-order valence-corrected chi connectivity index (χ2v) is 6.45. The highest BCUT2D eigenvalue weighted by Gasteiger charge is 2.25. The van der Waals surface area contributed by atoms with Crippen molar-refractivity contribution in [3.05, 3.63) is 10.6 Å². The van der Waals surface area contributed by atoms with Crippen molar-refractivity contribution >= 4 is 29.0 Å². The molecule has 1 aromatic heterocycles. The van der Waals surface area contributed by atoms with Crippen LogP contribution < -0.4 is 0 Å². The zero-order valence-electron chi connectivity index (χ0n) is 12.0. The molecule has 1 aromatic rings. The highest BCUT2D eigenvalue weighted by molar-refractivity contribution is 7.08. The summed E-state index contributed by atoms with van der Waals surface area (Å²) in [4.78, 5) is 17.6. The molecular formula is C13H21ClN4OS. The summed E-state index contributed by atoms with van der Waals surface area (Å²) in [6, 6.07) is 0. The Bertz CT molecular complexity index is 451. The molecule has 0 spiro atoms. The van der Waals surface area contributed by atoms with Crippen LogP contribution in [-0.2, 0) is 0 Å². The Kier molecular flexibility index (Phi) is 5.74. The van der Waals surface area contributed by atoms with Crippen LogP contribution in [0.15, 0.2) is 0 Å². The van der Waals surface area contributed by atoms with E-state index in [0.29, 0.717) is 10.8 Å². The van der Waals surface area contributed by atoms with Crippen LogP contribution >= 0.6 is 23.1 Å². The molecule has 0 bridgehead atoms. The first-order valence-electron chi connectivity index (χ1n) is 7.03. The average Bonchev–Trinajstić information content (AvgIpc) is 2.80. The molecule has 20 heavy (non-hydrogen) atoms. The third-order valence-corrected chi connectivity index (χ3v) is 4.43. The topological polar surface area (TPSA) is 49.3 Å². The largest absolute Gasteiger partial charge is 0.337 e. The van der Waals surface area contributed by atoms with Crippen molar-refractivity contribution in [3.63, 3.8) is 0 Å². The Morgan fingerprint density at radius 1 is 1.35 bits per heavy atom. The van der Waals surface area contributed by atoms with Gasteiger partial charge in [-0.2, -0.15) is 0 Å². The summed E-state index contributed by atoms with van der Waals surface area (Å²) >= 11 is 7.00. The zero-order valence-corrected chi connectivity index (χ0v) is 13.6. The lowest BCUT2D eigenvalue weighted by Crippen LogP contribution is -2.35. The summed E-state index contributed by atoms with van der Waals surface area (Å²) in [6.45, 7) is 8.42. The van der Waals surface area contributed by atoms with E-state index in [9.17, 15) is 4.79 Å². The monoisotopic (exact) mass is 316 g/mol. The minimum Gasteiger partial charge on any atom is -0.337 e. The van der Waals surface area contributed by atoms with Gasteiger partial charge in [0.15, 0.2) is 0 Å². The summed E-state index contributed by atoms with van der Waals surface area (Å²) in [7, 11) is 0. The van der Waals surface area contributed by atoms with Crippen molar-refractivity contribution in [2.75, 3.05) is 38.6 Å². The second kappa shape index (κ2) is 7.33. The van der Waals surface area contributed by atoms with Gasteiger partial charge in [-0.15, -0.1) is 16.7 Å². The second-order valence-electron chi connectivity index (χ2n) is 5.32. The van der Waals surface area contributed by atoms with Crippen molar-refractivity contribution in [1.82, 2.24) is 19.4 Å². The Morgan fingerprint density at radius 2 is 2.15 bits per heavy atom. The van der Waals surface area contributed by atoms with Crippen LogP contribution in [0.2, 0.25) is 0 Å². The quantitative estimate of drug-likeness (QED) is 0.798. The molecule has 1 amide bonds. The molecule has 7 heteroatoms. The standard InChI is InChI=1S/C13H21ClN4OS/c1-10(2)11-12(20-16-15-11)13(19)18-6-3-5-17(7-4-14)8-9-18/h10H,3-9H2,1-2H3. The van der Waals surface area contributed by atoms with Crippen LogP contribution in [0.3, 0.4) is 0 Å². The molecule has 0 aromatic carbocycles. The molecule has 2 heterocycles. The van der Waals surface area contributed by atoms with Gasteiger partial charge in [0.2, 0.25) is 0 Å². The lowest BCUT2D eigenvalue weighted by atomic mass is 10.1. The molecule has 0 aliphatic carbocycles. The van der Waals surface area contributed by atoms with Crippen molar-refractivity contribution < 1.29 is 4.79 Å². The molecular weight excluding hydrogens is 296 g/mol. The predicted molar refractivity (Wildman–Crippen MR) is 81.7 cm³/mol. The van der Waals surface area contributed by atoms with Crippen LogP contribution in [0.1, 0.15) is 41.6 Å². The van der Waals surface area contributed by atoms with E-state index >= 15 is 0 Å². The summed E-state index contributed by atoms with van der Waals surface area (Å²) < 4.78 is 3.94. The lowest BCUT2D eigenvalue weighted by Gasteiger charge is -2.21. The van der Waals surface area contributed by atoms with Gasteiger partial charge in [0.05, 0.1) is 5.69 Å². The normalized spacial score (nSPS) is 17.5. The Labute approximate surface area is 129 Å². The summed E-state index contributed by atoms with van der Waals surface area (Å²) in [6.07, 6.45) is 0.992.